The molecule has 0 fully saturated rings. The Morgan fingerprint density at radius 1 is 1.26 bits per heavy atom. The summed E-state index contributed by atoms with van der Waals surface area (Å²) in [7, 11) is 2.78. The number of rotatable bonds is 5. The summed E-state index contributed by atoms with van der Waals surface area (Å²) in [5, 5.41) is 0. The summed E-state index contributed by atoms with van der Waals surface area (Å²) >= 11 is 0. The lowest BCUT2D eigenvalue weighted by Gasteiger charge is -2.19. The van der Waals surface area contributed by atoms with Crippen LogP contribution in [0, 0.1) is 0 Å². The molecule has 0 atom stereocenters. The molecule has 1 aromatic heterocycles. The van der Waals surface area contributed by atoms with Gasteiger partial charge in [0.1, 0.15) is 11.3 Å². The lowest BCUT2D eigenvalue weighted by Crippen LogP contribution is -2.16. The van der Waals surface area contributed by atoms with Crippen LogP contribution in [0.5, 0.6) is 11.6 Å². The number of hydrogen-bond acceptors (Lipinski definition) is 5. The molecule has 0 aliphatic rings. The highest BCUT2D eigenvalue weighted by Gasteiger charge is 2.36. The van der Waals surface area contributed by atoms with Gasteiger partial charge in [-0.3, -0.25) is 0 Å². The molecule has 0 N–H and O–H groups in total. The number of methoxy groups -OCH3 is 1. The van der Waals surface area contributed by atoms with E-state index in [1.807, 2.05) is 6.92 Å². The van der Waals surface area contributed by atoms with Crippen LogP contribution < -0.4 is 14.4 Å². The Kier molecular flexibility index (Phi) is 4.92. The number of anilines is 2. The number of alkyl halides is 3. The molecule has 23 heavy (non-hydrogen) atoms. The standard InChI is InChI=1S/C15H16F3N3O2/c1-4-23-11-7-5-6-10(8-11)21(2)14-19-9-12(15(16,17)18)13(20-14)22-3/h5-9H,4H2,1-3H3. The summed E-state index contributed by atoms with van der Waals surface area (Å²) in [5.41, 5.74) is -0.335. The van der Waals surface area contributed by atoms with Gasteiger partial charge in [-0.25, -0.2) is 4.98 Å². The molecule has 0 aliphatic carbocycles. The predicted molar refractivity (Wildman–Crippen MR) is 79.3 cm³/mol. The Hall–Kier alpha value is -2.51. The van der Waals surface area contributed by atoms with E-state index in [0.29, 0.717) is 24.2 Å². The molecule has 8 heteroatoms. The Labute approximate surface area is 131 Å². The number of hydrogen-bond donors (Lipinski definition) is 0. The van der Waals surface area contributed by atoms with Gasteiger partial charge < -0.3 is 14.4 Å². The van der Waals surface area contributed by atoms with Crippen LogP contribution in [-0.4, -0.2) is 30.7 Å². The smallest absolute Gasteiger partial charge is 0.423 e. The van der Waals surface area contributed by atoms with Crippen LogP contribution in [0.3, 0.4) is 0 Å². The topological polar surface area (TPSA) is 47.5 Å². The van der Waals surface area contributed by atoms with Gasteiger partial charge in [-0.2, -0.15) is 18.2 Å². The maximum atomic E-state index is 12.8. The zero-order valence-corrected chi connectivity index (χ0v) is 12.9. The highest BCUT2D eigenvalue weighted by atomic mass is 19.4. The molecular formula is C15H16F3N3O2. The highest BCUT2D eigenvalue weighted by molar-refractivity contribution is 5.59. The van der Waals surface area contributed by atoms with Crippen molar-refractivity contribution in [3.8, 4) is 11.6 Å². The van der Waals surface area contributed by atoms with E-state index in [0.717, 1.165) is 7.11 Å². The first-order valence-corrected chi connectivity index (χ1v) is 6.81. The third-order valence-electron chi connectivity index (χ3n) is 3.06. The minimum atomic E-state index is -4.57. The fourth-order valence-electron chi connectivity index (χ4n) is 1.93. The minimum Gasteiger partial charge on any atom is -0.494 e. The summed E-state index contributed by atoms with van der Waals surface area (Å²) in [5.74, 6) is 0.217. The lowest BCUT2D eigenvalue weighted by molar-refractivity contribution is -0.139. The van der Waals surface area contributed by atoms with Gasteiger partial charge in [0.2, 0.25) is 11.8 Å². The van der Waals surface area contributed by atoms with Gasteiger partial charge in [-0.15, -0.1) is 0 Å². The summed E-state index contributed by atoms with van der Waals surface area (Å²) in [4.78, 5) is 9.17. The van der Waals surface area contributed by atoms with Crippen LogP contribution in [0.4, 0.5) is 24.8 Å². The van der Waals surface area contributed by atoms with E-state index in [1.165, 1.54) is 0 Å². The third-order valence-corrected chi connectivity index (χ3v) is 3.06. The van der Waals surface area contributed by atoms with E-state index >= 15 is 0 Å². The molecule has 1 heterocycles. The molecule has 0 unspecified atom stereocenters. The van der Waals surface area contributed by atoms with E-state index in [9.17, 15) is 13.2 Å². The maximum Gasteiger partial charge on any atom is 0.423 e. The van der Waals surface area contributed by atoms with E-state index in [2.05, 4.69) is 9.97 Å². The molecule has 124 valence electrons. The first kappa shape index (κ1) is 16.9. The van der Waals surface area contributed by atoms with Crippen LogP contribution in [-0.2, 0) is 6.18 Å². The zero-order valence-electron chi connectivity index (χ0n) is 12.9. The Bertz CT molecular complexity index is 677. The van der Waals surface area contributed by atoms with Crippen molar-refractivity contribution in [2.75, 3.05) is 25.7 Å². The van der Waals surface area contributed by atoms with Crippen LogP contribution >= 0.6 is 0 Å². The molecule has 0 saturated carbocycles. The van der Waals surface area contributed by atoms with Crippen LogP contribution in [0.15, 0.2) is 30.5 Å². The first-order chi connectivity index (χ1) is 10.9. The van der Waals surface area contributed by atoms with E-state index < -0.39 is 17.6 Å². The first-order valence-electron chi connectivity index (χ1n) is 6.81. The van der Waals surface area contributed by atoms with Crippen molar-refractivity contribution in [2.45, 2.75) is 13.1 Å². The fourth-order valence-corrected chi connectivity index (χ4v) is 1.93. The molecule has 5 nitrogen and oxygen atoms in total. The summed E-state index contributed by atoms with van der Waals surface area (Å²) in [6.45, 7) is 2.37. The molecule has 2 aromatic rings. The van der Waals surface area contributed by atoms with Gasteiger partial charge >= 0.3 is 6.18 Å². The number of aromatic nitrogens is 2. The molecule has 0 bridgehead atoms. The van der Waals surface area contributed by atoms with Crippen molar-refractivity contribution < 1.29 is 22.6 Å². The summed E-state index contributed by atoms with van der Waals surface area (Å²) in [6, 6.07) is 7.08. The second kappa shape index (κ2) is 6.72. The van der Waals surface area contributed by atoms with Gasteiger partial charge in [0.05, 0.1) is 13.7 Å². The van der Waals surface area contributed by atoms with Crippen LogP contribution in [0.2, 0.25) is 0 Å². The lowest BCUT2D eigenvalue weighted by atomic mass is 10.3. The van der Waals surface area contributed by atoms with Gasteiger partial charge in [-0.05, 0) is 19.1 Å². The highest BCUT2D eigenvalue weighted by Crippen LogP contribution is 2.36. The number of ether oxygens (including phenoxy) is 2. The second-order valence-corrected chi connectivity index (χ2v) is 4.58. The van der Waals surface area contributed by atoms with Crippen molar-refractivity contribution in [3.05, 3.63) is 36.0 Å². The average molecular weight is 327 g/mol. The number of benzene rings is 1. The minimum absolute atomic E-state index is 0.0866. The largest absolute Gasteiger partial charge is 0.494 e. The van der Waals surface area contributed by atoms with E-state index in [1.54, 1.807) is 36.2 Å². The second-order valence-electron chi connectivity index (χ2n) is 4.58. The molecule has 0 amide bonds. The van der Waals surface area contributed by atoms with E-state index in [-0.39, 0.29) is 5.95 Å². The predicted octanol–water partition coefficient (Wildman–Crippen LogP) is 3.67. The van der Waals surface area contributed by atoms with Crippen LogP contribution in [0.1, 0.15) is 12.5 Å². The van der Waals surface area contributed by atoms with Gasteiger partial charge in [-0.1, -0.05) is 6.07 Å². The van der Waals surface area contributed by atoms with Crippen molar-refractivity contribution in [1.82, 2.24) is 9.97 Å². The summed E-state index contributed by atoms with van der Waals surface area (Å²) in [6.07, 6.45) is -3.86. The molecule has 0 aliphatic heterocycles. The van der Waals surface area contributed by atoms with Gasteiger partial charge in [0.25, 0.3) is 0 Å². The van der Waals surface area contributed by atoms with Crippen LogP contribution in [0.25, 0.3) is 0 Å². The average Bonchev–Trinajstić information content (AvgIpc) is 2.53. The fraction of sp³-hybridized carbons (Fsp3) is 0.333. The number of halogens is 3. The molecule has 0 saturated heterocycles. The number of nitrogens with zero attached hydrogens (tertiary/aromatic N) is 3. The van der Waals surface area contributed by atoms with Gasteiger partial charge in [0, 0.05) is 25.0 Å². The van der Waals surface area contributed by atoms with Crippen molar-refractivity contribution >= 4 is 11.6 Å². The summed E-state index contributed by atoms with van der Waals surface area (Å²) < 4.78 is 48.7. The monoisotopic (exact) mass is 327 g/mol. The molecular weight excluding hydrogens is 311 g/mol. The third kappa shape index (κ3) is 3.82. The van der Waals surface area contributed by atoms with Crippen molar-refractivity contribution in [2.24, 2.45) is 0 Å². The van der Waals surface area contributed by atoms with Crippen molar-refractivity contribution in [1.29, 1.82) is 0 Å². The molecule has 1 aromatic carbocycles. The van der Waals surface area contributed by atoms with Crippen molar-refractivity contribution in [3.63, 3.8) is 0 Å². The molecule has 0 spiro atoms. The Morgan fingerprint density at radius 3 is 2.61 bits per heavy atom. The zero-order chi connectivity index (χ0) is 17.0. The van der Waals surface area contributed by atoms with E-state index in [4.69, 9.17) is 9.47 Å². The quantitative estimate of drug-likeness (QED) is 0.838. The molecule has 0 radical (unpaired) electrons. The normalized spacial score (nSPS) is 11.2. The maximum absolute atomic E-state index is 12.8. The Morgan fingerprint density at radius 2 is 2.00 bits per heavy atom. The molecule has 2 rings (SSSR count). The Balaban J connectivity index is 2.36. The van der Waals surface area contributed by atoms with Gasteiger partial charge in [0.15, 0.2) is 0 Å². The SMILES string of the molecule is CCOc1cccc(N(C)c2ncc(C(F)(F)F)c(OC)n2)c1.